The minimum Gasteiger partial charge on any atom is -0.322 e. The first-order chi connectivity index (χ1) is 12.6. The molecule has 5 nitrogen and oxygen atoms in total. The van der Waals surface area contributed by atoms with Gasteiger partial charge in [0.05, 0.1) is 11.3 Å². The molecule has 2 N–H and O–H groups in total. The van der Waals surface area contributed by atoms with Gasteiger partial charge in [0.2, 0.25) is 0 Å². The number of nitrogens with zero attached hydrogens (tertiary/aromatic N) is 1. The Morgan fingerprint density at radius 1 is 1.08 bits per heavy atom. The number of amides is 2. The topological polar surface area (TPSA) is 71.1 Å². The number of carbonyl (C=O) groups excluding carboxylic acids is 2. The molecule has 0 atom stereocenters. The Morgan fingerprint density at radius 3 is 2.69 bits per heavy atom. The number of hydrogen-bond acceptors (Lipinski definition) is 4. The van der Waals surface area contributed by atoms with E-state index in [2.05, 4.69) is 15.6 Å². The number of carbonyl (C=O) groups is 2. The second-order valence-corrected chi connectivity index (χ2v) is 6.65. The summed E-state index contributed by atoms with van der Waals surface area (Å²) in [4.78, 5) is 30.0. The van der Waals surface area contributed by atoms with Crippen LogP contribution in [0.1, 0.15) is 20.7 Å². The van der Waals surface area contributed by atoms with Gasteiger partial charge in [0, 0.05) is 33.4 Å². The Morgan fingerprint density at radius 2 is 1.88 bits per heavy atom. The van der Waals surface area contributed by atoms with Gasteiger partial charge in [0.25, 0.3) is 11.8 Å². The zero-order valence-electron chi connectivity index (χ0n) is 13.3. The highest BCUT2D eigenvalue weighted by atomic mass is 32.2. The largest absolute Gasteiger partial charge is 0.322 e. The van der Waals surface area contributed by atoms with Crippen LogP contribution in [0.25, 0.3) is 0 Å². The lowest BCUT2D eigenvalue weighted by atomic mass is 10.1. The van der Waals surface area contributed by atoms with Crippen molar-refractivity contribution >= 4 is 35.0 Å². The number of aromatic nitrogens is 1. The number of hydrogen-bond donors (Lipinski definition) is 2. The fourth-order valence-corrected chi connectivity index (χ4v) is 3.64. The lowest BCUT2D eigenvalue weighted by molar-refractivity contribution is 0.101. The molecular formula is C19H12FN3O2S. The highest BCUT2D eigenvalue weighted by Crippen LogP contribution is 2.39. The van der Waals surface area contributed by atoms with Crippen LogP contribution < -0.4 is 10.6 Å². The van der Waals surface area contributed by atoms with Gasteiger partial charge in [-0.2, -0.15) is 0 Å². The van der Waals surface area contributed by atoms with Gasteiger partial charge in [-0.25, -0.2) is 4.39 Å². The molecule has 0 saturated heterocycles. The first kappa shape index (κ1) is 16.3. The molecule has 2 heterocycles. The van der Waals surface area contributed by atoms with Crippen molar-refractivity contribution in [2.45, 2.75) is 9.79 Å². The van der Waals surface area contributed by atoms with Gasteiger partial charge in [-0.05, 0) is 42.5 Å². The number of anilines is 2. The highest BCUT2D eigenvalue weighted by molar-refractivity contribution is 7.99. The summed E-state index contributed by atoms with van der Waals surface area (Å²) in [7, 11) is 0. The lowest BCUT2D eigenvalue weighted by Gasteiger charge is -2.09. The van der Waals surface area contributed by atoms with Crippen LogP contribution in [0.2, 0.25) is 0 Å². The summed E-state index contributed by atoms with van der Waals surface area (Å²) < 4.78 is 14.0. The molecule has 128 valence electrons. The van der Waals surface area contributed by atoms with Gasteiger partial charge in [-0.15, -0.1) is 0 Å². The van der Waals surface area contributed by atoms with Gasteiger partial charge >= 0.3 is 0 Å². The second-order valence-electron chi connectivity index (χ2n) is 5.57. The van der Waals surface area contributed by atoms with E-state index in [0.29, 0.717) is 21.8 Å². The van der Waals surface area contributed by atoms with Gasteiger partial charge in [0.1, 0.15) is 5.82 Å². The van der Waals surface area contributed by atoms with Crippen LogP contribution in [0.4, 0.5) is 15.8 Å². The molecule has 3 aromatic rings. The van der Waals surface area contributed by atoms with Crippen LogP contribution in [-0.2, 0) is 0 Å². The molecule has 7 heteroatoms. The van der Waals surface area contributed by atoms with Crippen molar-refractivity contribution in [3.05, 3.63) is 77.9 Å². The van der Waals surface area contributed by atoms with Crippen molar-refractivity contribution < 1.29 is 14.0 Å². The summed E-state index contributed by atoms with van der Waals surface area (Å²) in [5, 5.41) is 5.45. The van der Waals surface area contributed by atoms with Crippen molar-refractivity contribution in [2.24, 2.45) is 0 Å². The number of pyridine rings is 1. The molecule has 0 fully saturated rings. The third kappa shape index (κ3) is 3.04. The van der Waals surface area contributed by atoms with Crippen molar-refractivity contribution in [3.8, 4) is 0 Å². The number of benzene rings is 2. The van der Waals surface area contributed by atoms with Gasteiger partial charge in [-0.1, -0.05) is 17.8 Å². The lowest BCUT2D eigenvalue weighted by Crippen LogP contribution is -2.15. The third-order valence-corrected chi connectivity index (χ3v) is 4.99. The smallest absolute Gasteiger partial charge is 0.259 e. The predicted molar refractivity (Wildman–Crippen MR) is 97.1 cm³/mol. The number of nitrogens with one attached hydrogen (secondary N) is 2. The number of rotatable bonds is 2. The molecule has 4 rings (SSSR count). The fourth-order valence-electron chi connectivity index (χ4n) is 2.61. The van der Waals surface area contributed by atoms with E-state index in [1.54, 1.807) is 54.9 Å². The summed E-state index contributed by atoms with van der Waals surface area (Å²) in [5.41, 5.74) is 1.48. The van der Waals surface area contributed by atoms with Crippen LogP contribution in [0.15, 0.2) is 70.7 Å². The molecular weight excluding hydrogens is 353 g/mol. The van der Waals surface area contributed by atoms with E-state index in [-0.39, 0.29) is 11.5 Å². The maximum Gasteiger partial charge on any atom is 0.259 e. The van der Waals surface area contributed by atoms with E-state index in [9.17, 15) is 14.0 Å². The fraction of sp³-hybridized carbons (Fsp3) is 0. The maximum atomic E-state index is 14.0. The van der Waals surface area contributed by atoms with Crippen LogP contribution in [0.3, 0.4) is 0 Å². The molecule has 0 spiro atoms. The van der Waals surface area contributed by atoms with E-state index >= 15 is 0 Å². The zero-order chi connectivity index (χ0) is 18.1. The SMILES string of the molecule is O=C(Nc1ccncc1)c1ccc2c(c1)NC(=O)c1c(F)cccc1S2. The minimum absolute atomic E-state index is 0.0106. The summed E-state index contributed by atoms with van der Waals surface area (Å²) in [5.74, 6) is -1.42. The Bertz CT molecular complexity index is 1020. The van der Waals surface area contributed by atoms with Crippen LogP contribution in [0, 0.1) is 5.82 Å². The predicted octanol–water partition coefficient (Wildman–Crippen LogP) is 4.19. The van der Waals surface area contributed by atoms with Crippen LogP contribution in [0.5, 0.6) is 0 Å². The van der Waals surface area contributed by atoms with Crippen molar-refractivity contribution in [1.82, 2.24) is 4.98 Å². The summed E-state index contributed by atoms with van der Waals surface area (Å²) in [6.45, 7) is 0. The van der Waals surface area contributed by atoms with E-state index in [4.69, 9.17) is 0 Å². The van der Waals surface area contributed by atoms with Crippen molar-refractivity contribution in [3.63, 3.8) is 0 Å². The molecule has 1 aromatic heterocycles. The van der Waals surface area contributed by atoms with Gasteiger partial charge in [0.15, 0.2) is 0 Å². The third-order valence-electron chi connectivity index (χ3n) is 3.85. The highest BCUT2D eigenvalue weighted by Gasteiger charge is 2.24. The maximum absolute atomic E-state index is 14.0. The minimum atomic E-state index is -0.573. The average molecular weight is 365 g/mol. The first-order valence-corrected chi connectivity index (χ1v) is 8.56. The first-order valence-electron chi connectivity index (χ1n) is 7.75. The molecule has 1 aliphatic heterocycles. The summed E-state index contributed by atoms with van der Waals surface area (Å²) in [6, 6.07) is 12.9. The molecule has 0 saturated carbocycles. The second kappa shape index (κ2) is 6.61. The zero-order valence-corrected chi connectivity index (χ0v) is 14.1. The average Bonchev–Trinajstić information content (AvgIpc) is 2.78. The molecule has 2 amide bonds. The van der Waals surface area contributed by atoms with Gasteiger partial charge in [-0.3, -0.25) is 14.6 Å². The van der Waals surface area contributed by atoms with Crippen LogP contribution in [-0.4, -0.2) is 16.8 Å². The number of fused-ring (bicyclic) bond motifs is 2. The van der Waals surface area contributed by atoms with Crippen molar-refractivity contribution in [2.75, 3.05) is 10.6 Å². The molecule has 1 aliphatic rings. The normalized spacial score (nSPS) is 12.4. The Kier molecular flexibility index (Phi) is 4.14. The quantitative estimate of drug-likeness (QED) is 0.714. The molecule has 0 bridgehead atoms. The van der Waals surface area contributed by atoms with Gasteiger partial charge < -0.3 is 10.6 Å². The molecule has 26 heavy (non-hydrogen) atoms. The number of halogens is 1. The Hall–Kier alpha value is -3.19. The molecule has 0 radical (unpaired) electrons. The van der Waals surface area contributed by atoms with E-state index in [0.717, 1.165) is 4.90 Å². The van der Waals surface area contributed by atoms with Crippen LogP contribution >= 0.6 is 11.8 Å². The molecule has 2 aromatic carbocycles. The summed E-state index contributed by atoms with van der Waals surface area (Å²) >= 11 is 1.28. The standard InChI is InChI=1S/C19H12FN3O2S/c20-13-2-1-3-16-17(13)19(25)23-14-10-11(4-5-15(14)26-16)18(24)22-12-6-8-21-9-7-12/h1-10H,(H,23,25)(H,21,22,24). The Labute approximate surface area is 152 Å². The Balaban J connectivity index is 1.65. The van der Waals surface area contributed by atoms with E-state index < -0.39 is 11.7 Å². The summed E-state index contributed by atoms with van der Waals surface area (Å²) in [6.07, 6.45) is 3.16. The van der Waals surface area contributed by atoms with Crippen molar-refractivity contribution in [1.29, 1.82) is 0 Å². The molecule has 0 aliphatic carbocycles. The van der Waals surface area contributed by atoms with E-state index in [1.165, 1.54) is 17.8 Å². The van der Waals surface area contributed by atoms with E-state index in [1.807, 2.05) is 0 Å². The monoisotopic (exact) mass is 365 g/mol. The molecule has 0 unspecified atom stereocenters.